The lowest BCUT2D eigenvalue weighted by atomic mass is 10.1. The van der Waals surface area contributed by atoms with Crippen LogP contribution in [0.15, 0.2) is 48.5 Å². The van der Waals surface area contributed by atoms with E-state index in [9.17, 15) is 14.0 Å². The molecule has 2 aromatic carbocycles. The van der Waals surface area contributed by atoms with Crippen LogP contribution in [0, 0.1) is 5.82 Å². The summed E-state index contributed by atoms with van der Waals surface area (Å²) in [5.41, 5.74) is 2.37. The topological polar surface area (TPSA) is 67.9 Å². The van der Waals surface area contributed by atoms with E-state index in [-0.39, 0.29) is 24.4 Å². The van der Waals surface area contributed by atoms with Crippen molar-refractivity contribution in [2.45, 2.75) is 19.5 Å². The van der Waals surface area contributed by atoms with Crippen molar-refractivity contribution in [1.82, 2.24) is 10.2 Å². The van der Waals surface area contributed by atoms with Gasteiger partial charge in [-0.3, -0.25) is 9.59 Å². The second-order valence-electron chi connectivity index (χ2n) is 7.41. The number of ether oxygens (including phenoxy) is 2. The van der Waals surface area contributed by atoms with Crippen molar-refractivity contribution >= 4 is 23.2 Å². The van der Waals surface area contributed by atoms with Gasteiger partial charge in [0.25, 0.3) is 11.8 Å². The molecule has 8 heteroatoms. The van der Waals surface area contributed by atoms with E-state index in [0.29, 0.717) is 48.0 Å². The van der Waals surface area contributed by atoms with Crippen LogP contribution in [0.1, 0.15) is 36.0 Å². The summed E-state index contributed by atoms with van der Waals surface area (Å²) in [4.78, 5) is 28.9. The van der Waals surface area contributed by atoms with Gasteiger partial charge in [-0.2, -0.15) is 0 Å². The number of thiophene rings is 1. The molecule has 1 N–H and O–H groups in total. The maximum absolute atomic E-state index is 13.1. The molecule has 2 amide bonds. The number of nitrogens with zero attached hydrogens (tertiary/aromatic N) is 1. The van der Waals surface area contributed by atoms with Gasteiger partial charge in [-0.05, 0) is 60.0 Å². The van der Waals surface area contributed by atoms with E-state index in [1.165, 1.54) is 35.6 Å². The molecule has 2 aliphatic rings. The van der Waals surface area contributed by atoms with E-state index in [1.54, 1.807) is 4.90 Å². The molecule has 3 aromatic rings. The summed E-state index contributed by atoms with van der Waals surface area (Å²) in [6.07, 6.45) is 0.697. The largest absolute Gasteiger partial charge is 0.454 e. The van der Waals surface area contributed by atoms with Gasteiger partial charge in [0.2, 0.25) is 6.79 Å². The Morgan fingerprint density at radius 3 is 2.71 bits per heavy atom. The third-order valence-corrected chi connectivity index (χ3v) is 6.59. The number of amides is 2. The van der Waals surface area contributed by atoms with E-state index in [1.807, 2.05) is 24.3 Å². The lowest BCUT2D eigenvalue weighted by Crippen LogP contribution is -2.35. The average Bonchev–Trinajstić information content (AvgIpc) is 3.43. The van der Waals surface area contributed by atoms with Crippen LogP contribution in [-0.4, -0.2) is 30.1 Å². The van der Waals surface area contributed by atoms with Gasteiger partial charge < -0.3 is 19.7 Å². The smallest absolute Gasteiger partial charge is 0.261 e. The van der Waals surface area contributed by atoms with Gasteiger partial charge in [0.05, 0.1) is 4.88 Å². The lowest BCUT2D eigenvalue weighted by Gasteiger charge is -2.27. The SMILES string of the molecule is O=C(NCc1ccc2c(c1)OCO2)c1cc2c(s1)CCN(C(=O)c1ccc(F)cc1)C2. The van der Waals surface area contributed by atoms with Gasteiger partial charge >= 0.3 is 0 Å². The monoisotopic (exact) mass is 438 g/mol. The zero-order chi connectivity index (χ0) is 21.4. The molecule has 1 aromatic heterocycles. The molecule has 0 unspecified atom stereocenters. The van der Waals surface area contributed by atoms with Crippen molar-refractivity contribution in [3.05, 3.63) is 80.8 Å². The molecule has 6 nitrogen and oxygen atoms in total. The van der Waals surface area contributed by atoms with Gasteiger partial charge in [-0.25, -0.2) is 4.39 Å². The van der Waals surface area contributed by atoms with Crippen LogP contribution in [0.5, 0.6) is 11.5 Å². The number of hydrogen-bond acceptors (Lipinski definition) is 5. The van der Waals surface area contributed by atoms with Crippen molar-refractivity contribution < 1.29 is 23.5 Å². The minimum atomic E-state index is -0.369. The summed E-state index contributed by atoms with van der Waals surface area (Å²) < 4.78 is 23.8. The van der Waals surface area contributed by atoms with Gasteiger partial charge in [-0.1, -0.05) is 6.07 Å². The van der Waals surface area contributed by atoms with Gasteiger partial charge in [0, 0.05) is 30.1 Å². The van der Waals surface area contributed by atoms with Gasteiger partial charge in [0.1, 0.15) is 5.82 Å². The van der Waals surface area contributed by atoms with Crippen molar-refractivity contribution in [3.8, 4) is 11.5 Å². The molecule has 0 aliphatic carbocycles. The molecule has 2 aliphatic heterocycles. The Morgan fingerprint density at radius 1 is 1.06 bits per heavy atom. The Kier molecular flexibility index (Phi) is 5.07. The van der Waals surface area contributed by atoms with Crippen LogP contribution in [-0.2, 0) is 19.5 Å². The van der Waals surface area contributed by atoms with Crippen molar-refractivity contribution in [1.29, 1.82) is 0 Å². The molecule has 3 heterocycles. The van der Waals surface area contributed by atoms with Crippen LogP contribution in [0.25, 0.3) is 0 Å². The van der Waals surface area contributed by atoms with E-state index in [2.05, 4.69) is 5.32 Å². The number of carbonyl (C=O) groups excluding carboxylic acids is 2. The normalized spacial score (nSPS) is 14.3. The fourth-order valence-electron chi connectivity index (χ4n) is 3.71. The Morgan fingerprint density at radius 2 is 1.87 bits per heavy atom. The highest BCUT2D eigenvalue weighted by atomic mass is 32.1. The Labute approximate surface area is 182 Å². The maximum Gasteiger partial charge on any atom is 0.261 e. The summed E-state index contributed by atoms with van der Waals surface area (Å²) in [5, 5.41) is 2.94. The fourth-order valence-corrected chi connectivity index (χ4v) is 4.79. The predicted molar refractivity (Wildman–Crippen MR) is 113 cm³/mol. The van der Waals surface area contributed by atoms with Crippen LogP contribution in [0.3, 0.4) is 0 Å². The number of nitrogens with one attached hydrogen (secondary N) is 1. The van der Waals surface area contributed by atoms with Crippen molar-refractivity contribution in [3.63, 3.8) is 0 Å². The number of rotatable bonds is 4. The van der Waals surface area contributed by atoms with Crippen molar-refractivity contribution in [2.24, 2.45) is 0 Å². The molecule has 5 rings (SSSR count). The Bertz CT molecular complexity index is 1160. The predicted octanol–water partition coefficient (Wildman–Crippen LogP) is 3.74. The highest BCUT2D eigenvalue weighted by molar-refractivity contribution is 7.14. The first-order valence-electron chi connectivity index (χ1n) is 9.90. The standard InChI is InChI=1S/C23H19FN2O4S/c24-17-4-2-15(3-5-17)23(28)26-8-7-20-16(12-26)10-21(31-20)22(27)25-11-14-1-6-18-19(9-14)30-13-29-18/h1-6,9-10H,7-8,11-13H2,(H,25,27). The Hall–Kier alpha value is -3.39. The first-order valence-corrected chi connectivity index (χ1v) is 10.7. The third-order valence-electron chi connectivity index (χ3n) is 5.36. The third kappa shape index (κ3) is 3.98. The quantitative estimate of drug-likeness (QED) is 0.674. The minimum absolute atomic E-state index is 0.134. The number of benzene rings is 2. The average molecular weight is 438 g/mol. The number of carbonyl (C=O) groups is 2. The second-order valence-corrected chi connectivity index (χ2v) is 8.55. The highest BCUT2D eigenvalue weighted by Crippen LogP contribution is 2.33. The van der Waals surface area contributed by atoms with Crippen LogP contribution >= 0.6 is 11.3 Å². The summed E-state index contributed by atoms with van der Waals surface area (Å²) in [7, 11) is 0. The van der Waals surface area contributed by atoms with E-state index < -0.39 is 0 Å². The fraction of sp³-hybridized carbons (Fsp3) is 0.217. The molecule has 0 atom stereocenters. The zero-order valence-electron chi connectivity index (χ0n) is 16.5. The molecular weight excluding hydrogens is 419 g/mol. The van der Waals surface area contributed by atoms with Crippen molar-refractivity contribution in [2.75, 3.05) is 13.3 Å². The van der Waals surface area contributed by atoms with E-state index >= 15 is 0 Å². The van der Waals surface area contributed by atoms with E-state index in [0.717, 1.165) is 16.0 Å². The molecule has 158 valence electrons. The molecule has 0 saturated heterocycles. The lowest BCUT2D eigenvalue weighted by molar-refractivity contribution is 0.0735. The first-order chi connectivity index (χ1) is 15.1. The summed E-state index contributed by atoms with van der Waals surface area (Å²) in [6, 6.07) is 13.0. The number of halogens is 1. The Balaban J connectivity index is 1.23. The molecule has 0 saturated carbocycles. The van der Waals surface area contributed by atoms with E-state index in [4.69, 9.17) is 9.47 Å². The number of fused-ring (bicyclic) bond motifs is 2. The van der Waals surface area contributed by atoms with Crippen LogP contribution in [0.4, 0.5) is 4.39 Å². The molecule has 0 spiro atoms. The molecule has 0 bridgehead atoms. The molecule has 0 fully saturated rings. The molecule has 31 heavy (non-hydrogen) atoms. The zero-order valence-corrected chi connectivity index (χ0v) is 17.3. The number of hydrogen-bond donors (Lipinski definition) is 1. The van der Waals surface area contributed by atoms with Gasteiger partial charge in [-0.15, -0.1) is 11.3 Å². The summed E-state index contributed by atoms with van der Waals surface area (Å²) in [5.74, 6) is 0.746. The van der Waals surface area contributed by atoms with Crippen LogP contribution in [0.2, 0.25) is 0 Å². The first kappa shape index (κ1) is 19.6. The second kappa shape index (κ2) is 8.03. The minimum Gasteiger partial charge on any atom is -0.454 e. The summed E-state index contributed by atoms with van der Waals surface area (Å²) in [6.45, 7) is 1.61. The van der Waals surface area contributed by atoms with Gasteiger partial charge in [0.15, 0.2) is 11.5 Å². The highest BCUT2D eigenvalue weighted by Gasteiger charge is 2.25. The maximum atomic E-state index is 13.1. The van der Waals surface area contributed by atoms with Crippen LogP contribution < -0.4 is 14.8 Å². The molecular formula is C23H19FN2O4S. The molecule has 0 radical (unpaired) electrons. The summed E-state index contributed by atoms with van der Waals surface area (Å²) >= 11 is 1.47.